The average molecular weight is 740 g/mol. The van der Waals surface area contributed by atoms with E-state index in [-0.39, 0.29) is 36.7 Å². The van der Waals surface area contributed by atoms with Gasteiger partial charge in [0.25, 0.3) is 5.91 Å². The van der Waals surface area contributed by atoms with E-state index in [1.807, 2.05) is 50.8 Å². The van der Waals surface area contributed by atoms with Gasteiger partial charge in [0.15, 0.2) is 5.60 Å². The maximum absolute atomic E-state index is 14.7. The first-order chi connectivity index (χ1) is 25.2. The number of nitrogens with zero attached hydrogens (tertiary/aromatic N) is 3. The second-order valence-electron chi connectivity index (χ2n) is 17.2. The summed E-state index contributed by atoms with van der Waals surface area (Å²) in [4.78, 5) is 60.9. The van der Waals surface area contributed by atoms with Crippen LogP contribution in [-0.2, 0) is 28.6 Å². The largest absolute Gasteiger partial charge is 0.476 e. The van der Waals surface area contributed by atoms with E-state index in [0.29, 0.717) is 68.0 Å². The number of fused-ring (bicyclic) bond motifs is 1. The van der Waals surface area contributed by atoms with Crippen LogP contribution in [-0.4, -0.2) is 92.4 Å². The summed E-state index contributed by atoms with van der Waals surface area (Å²) in [6.45, 7) is 13.9. The summed E-state index contributed by atoms with van der Waals surface area (Å²) in [6.07, 6.45) is 10.7. The lowest BCUT2D eigenvalue weighted by atomic mass is 9.77. The Morgan fingerprint density at radius 2 is 1.74 bits per heavy atom. The Morgan fingerprint density at radius 1 is 1.02 bits per heavy atom. The molecule has 3 fully saturated rings. The van der Waals surface area contributed by atoms with E-state index >= 15 is 0 Å². The summed E-state index contributed by atoms with van der Waals surface area (Å²) in [6, 6.07) is 5.62. The molecule has 0 unspecified atom stereocenters. The fourth-order valence-corrected chi connectivity index (χ4v) is 8.40. The second-order valence-corrected chi connectivity index (χ2v) is 17.2. The van der Waals surface area contributed by atoms with E-state index in [1.165, 1.54) is 32.1 Å². The normalized spacial score (nSPS) is 22.5. The molecule has 11 nitrogen and oxygen atoms in total. The summed E-state index contributed by atoms with van der Waals surface area (Å²) in [5, 5.41) is 0. The second kappa shape index (κ2) is 18.0. The van der Waals surface area contributed by atoms with Gasteiger partial charge in [-0.1, -0.05) is 32.1 Å². The van der Waals surface area contributed by atoms with Gasteiger partial charge in [0, 0.05) is 70.6 Å². The number of ether oxygens (including phenoxy) is 4. The van der Waals surface area contributed by atoms with Crippen molar-refractivity contribution in [3.63, 3.8) is 0 Å². The number of hydrogen-bond acceptors (Lipinski definition) is 8. The molecule has 0 N–H and O–H groups in total. The highest BCUT2D eigenvalue weighted by Crippen LogP contribution is 2.43. The lowest BCUT2D eigenvalue weighted by Gasteiger charge is -2.40. The molecule has 1 saturated heterocycles. The maximum Gasteiger partial charge on any atom is 0.410 e. The predicted molar refractivity (Wildman–Crippen MR) is 205 cm³/mol. The van der Waals surface area contributed by atoms with Crippen LogP contribution in [0.5, 0.6) is 5.75 Å². The zero-order valence-electron chi connectivity index (χ0n) is 33.5. The first kappa shape index (κ1) is 41.0. The van der Waals surface area contributed by atoms with Crippen molar-refractivity contribution in [2.24, 2.45) is 23.7 Å². The Labute approximate surface area is 317 Å². The molecule has 2 saturated carbocycles. The van der Waals surface area contributed by atoms with E-state index in [9.17, 15) is 19.2 Å². The number of carbonyl (C=O) groups is 4. The first-order valence-corrected chi connectivity index (χ1v) is 20.3. The van der Waals surface area contributed by atoms with Crippen LogP contribution < -0.4 is 14.5 Å². The molecule has 0 radical (unpaired) electrons. The molecule has 0 spiro atoms. The van der Waals surface area contributed by atoms with E-state index in [4.69, 9.17) is 18.9 Å². The molecule has 53 heavy (non-hydrogen) atoms. The number of methoxy groups -OCH3 is 1. The molecule has 2 heterocycles. The third-order valence-corrected chi connectivity index (χ3v) is 11.3. The number of rotatable bonds is 16. The number of carbonyl (C=O) groups excluding carboxylic acids is 4. The number of piperidine rings is 1. The van der Waals surface area contributed by atoms with Crippen LogP contribution in [0.25, 0.3) is 0 Å². The van der Waals surface area contributed by atoms with Gasteiger partial charge in [-0.15, -0.1) is 0 Å². The van der Waals surface area contributed by atoms with Crippen LogP contribution >= 0.6 is 0 Å². The van der Waals surface area contributed by atoms with Gasteiger partial charge in [-0.3, -0.25) is 14.4 Å². The number of likely N-dealkylation sites (tertiary alicyclic amines) is 1. The maximum atomic E-state index is 14.7. The average Bonchev–Trinajstić information content (AvgIpc) is 3.96. The van der Waals surface area contributed by atoms with Crippen LogP contribution in [0.3, 0.4) is 0 Å². The molecule has 2 aliphatic heterocycles. The van der Waals surface area contributed by atoms with Gasteiger partial charge in [-0.25, -0.2) is 4.79 Å². The molecule has 1 aromatic rings. The molecule has 3 atom stereocenters. The third kappa shape index (κ3) is 10.7. The number of ketones is 1. The first-order valence-electron chi connectivity index (χ1n) is 20.3. The zero-order chi connectivity index (χ0) is 38.3. The van der Waals surface area contributed by atoms with Crippen LogP contribution in [0.15, 0.2) is 18.2 Å². The van der Waals surface area contributed by atoms with Crippen molar-refractivity contribution in [1.82, 2.24) is 4.90 Å². The van der Waals surface area contributed by atoms with Crippen molar-refractivity contribution in [2.75, 3.05) is 56.4 Å². The van der Waals surface area contributed by atoms with Crippen molar-refractivity contribution in [3.8, 4) is 5.75 Å². The molecule has 1 aromatic carbocycles. The summed E-state index contributed by atoms with van der Waals surface area (Å²) in [5.74, 6) is 0.499. The lowest BCUT2D eigenvalue weighted by molar-refractivity contribution is -0.132. The fourth-order valence-electron chi connectivity index (χ4n) is 8.40. The van der Waals surface area contributed by atoms with Crippen LogP contribution in [0.1, 0.15) is 119 Å². The molecule has 2 aliphatic carbocycles. The molecular formula is C42H65N3O8. The predicted octanol–water partition coefficient (Wildman–Crippen LogP) is 7.57. The zero-order valence-corrected chi connectivity index (χ0v) is 33.5. The summed E-state index contributed by atoms with van der Waals surface area (Å²) < 4.78 is 23.1. The third-order valence-electron chi connectivity index (χ3n) is 11.3. The van der Waals surface area contributed by atoms with Crippen LogP contribution in [0, 0.1) is 23.7 Å². The van der Waals surface area contributed by atoms with E-state index < -0.39 is 29.1 Å². The van der Waals surface area contributed by atoms with Crippen molar-refractivity contribution in [3.05, 3.63) is 18.2 Å². The van der Waals surface area contributed by atoms with Gasteiger partial charge in [-0.2, -0.15) is 0 Å². The van der Waals surface area contributed by atoms with E-state index in [1.54, 1.807) is 30.8 Å². The Balaban J connectivity index is 1.35. The summed E-state index contributed by atoms with van der Waals surface area (Å²) >= 11 is 0. The minimum Gasteiger partial charge on any atom is -0.476 e. The number of amides is 3. The van der Waals surface area contributed by atoms with Crippen LogP contribution in [0.2, 0.25) is 0 Å². The van der Waals surface area contributed by atoms with Gasteiger partial charge < -0.3 is 33.6 Å². The monoisotopic (exact) mass is 739 g/mol. The fraction of sp³-hybridized carbons (Fsp3) is 0.762. The van der Waals surface area contributed by atoms with Gasteiger partial charge >= 0.3 is 6.09 Å². The number of hydrogen-bond donors (Lipinski definition) is 0. The van der Waals surface area contributed by atoms with Crippen LogP contribution in [0.4, 0.5) is 16.2 Å². The minimum absolute atomic E-state index is 0.00672. The SMILES string of the molecule is CCOC[C@H](CCCC(=O)[C@H]1C[C@@H](C(=O)N(c2ccc3c(c2)N(CCCOC)C(=O)C(C)(C)O3)C2CC2)CN(C(=O)OC(C)(C)C)C1)C1CCCCC1. The molecule has 5 rings (SSSR count). The quantitative estimate of drug-likeness (QED) is 0.160. The van der Waals surface area contributed by atoms with Crippen molar-refractivity contribution < 1.29 is 38.1 Å². The highest BCUT2D eigenvalue weighted by molar-refractivity contribution is 6.04. The molecule has 0 bridgehead atoms. The van der Waals surface area contributed by atoms with Crippen molar-refractivity contribution >= 4 is 35.1 Å². The molecular weight excluding hydrogens is 674 g/mol. The highest BCUT2D eigenvalue weighted by Gasteiger charge is 2.45. The van der Waals surface area contributed by atoms with Crippen molar-refractivity contribution in [1.29, 1.82) is 0 Å². The van der Waals surface area contributed by atoms with Gasteiger partial charge in [0.05, 0.1) is 11.6 Å². The smallest absolute Gasteiger partial charge is 0.410 e. The molecule has 296 valence electrons. The Morgan fingerprint density at radius 3 is 2.40 bits per heavy atom. The highest BCUT2D eigenvalue weighted by atomic mass is 16.6. The topological polar surface area (TPSA) is 115 Å². The minimum atomic E-state index is -1.03. The van der Waals surface area contributed by atoms with E-state index in [2.05, 4.69) is 0 Å². The molecule has 0 aromatic heterocycles. The molecule has 4 aliphatic rings. The van der Waals surface area contributed by atoms with Crippen molar-refractivity contribution in [2.45, 2.75) is 136 Å². The summed E-state index contributed by atoms with van der Waals surface area (Å²) in [7, 11) is 1.64. The van der Waals surface area contributed by atoms with Gasteiger partial charge in [0.1, 0.15) is 17.1 Å². The number of Topliss-reactive ketones (excluding diaryl/α,β-unsaturated/α-hetero) is 1. The number of anilines is 2. The number of benzene rings is 1. The summed E-state index contributed by atoms with van der Waals surface area (Å²) in [5.41, 5.74) is -0.425. The molecule has 11 heteroatoms. The van der Waals surface area contributed by atoms with Gasteiger partial charge in [0.2, 0.25) is 5.91 Å². The molecule has 3 amide bonds. The lowest BCUT2D eigenvalue weighted by Crippen LogP contribution is -2.53. The van der Waals surface area contributed by atoms with Gasteiger partial charge in [-0.05, 0) is 110 Å². The Bertz CT molecular complexity index is 1430. The Kier molecular flexibility index (Phi) is 13.9. The van der Waals surface area contributed by atoms with E-state index in [0.717, 1.165) is 32.3 Å². The standard InChI is InChI=1S/C42H65N3O8/c1-8-51-28-30(29-14-10-9-11-15-29)16-12-17-36(46)31-24-32(27-43(26-31)40(49)53-41(2,3)4)38(47)45(33-18-19-33)34-20-21-37-35(25-34)44(22-13-23-50-7)39(48)42(5,6)52-37/h20-21,25,29-33H,8-19,22-24,26-28H2,1-7H3/t30-,31-,32+/m0/s1. The Hall–Kier alpha value is -3.18.